The van der Waals surface area contributed by atoms with E-state index in [0.29, 0.717) is 5.69 Å². The fourth-order valence-corrected chi connectivity index (χ4v) is 3.07. The molecule has 0 spiro atoms. The van der Waals surface area contributed by atoms with Crippen LogP contribution in [0.2, 0.25) is 0 Å². The van der Waals surface area contributed by atoms with Crippen molar-refractivity contribution in [3.8, 4) is 0 Å². The van der Waals surface area contributed by atoms with E-state index in [9.17, 15) is 9.90 Å². The van der Waals surface area contributed by atoms with Crippen LogP contribution in [0, 0.1) is 13.8 Å². The molecule has 1 aromatic carbocycles. The minimum atomic E-state index is -0.974. The van der Waals surface area contributed by atoms with Crippen LogP contribution in [0.3, 0.4) is 0 Å². The molecule has 0 aliphatic heterocycles. The molecule has 1 aromatic heterocycles. The minimum Gasteiger partial charge on any atom is -0.481 e. The molecular weight excluding hydrogens is 284 g/mol. The fraction of sp³-hybridized carbons (Fsp3) is 0.375. The summed E-state index contributed by atoms with van der Waals surface area (Å²) in [6.45, 7) is 7.47. The Kier molecular flexibility index (Phi) is 4.05. The smallest absolute Gasteiger partial charge is 0.315 e. The van der Waals surface area contributed by atoms with E-state index in [1.165, 1.54) is 22.5 Å². The second kappa shape index (κ2) is 5.48. The highest BCUT2D eigenvalue weighted by Crippen LogP contribution is 2.33. The van der Waals surface area contributed by atoms with Crippen LogP contribution in [0.5, 0.6) is 0 Å². The Bertz CT molecular complexity index is 677. The summed E-state index contributed by atoms with van der Waals surface area (Å²) in [5.41, 5.74) is 3.09. The number of aromatic nitrogens is 1. The second-order valence-electron chi connectivity index (χ2n) is 5.79. The van der Waals surface area contributed by atoms with E-state index in [1.807, 2.05) is 17.3 Å². The van der Waals surface area contributed by atoms with Gasteiger partial charge in [-0.2, -0.15) is 0 Å². The Morgan fingerprint density at radius 3 is 2.57 bits per heavy atom. The number of thiazole rings is 1. The molecule has 21 heavy (non-hydrogen) atoms. The van der Waals surface area contributed by atoms with Gasteiger partial charge < -0.3 is 10.0 Å². The summed E-state index contributed by atoms with van der Waals surface area (Å²) < 4.78 is 0. The molecule has 0 aliphatic carbocycles. The standard InChI is InChI=1S/C16H20N2O2S/c1-10-6-7-12(11(2)8-10)18(5)15-17-13(9-21-15)16(3,4)14(19)20/h6-9H,1-5H3,(H,19,20). The number of carboxylic acids is 1. The van der Waals surface area contributed by atoms with Crippen LogP contribution < -0.4 is 4.90 Å². The fourth-order valence-electron chi connectivity index (χ4n) is 2.10. The molecule has 2 aromatic rings. The van der Waals surface area contributed by atoms with Crippen LogP contribution in [0.1, 0.15) is 30.7 Å². The van der Waals surface area contributed by atoms with E-state index in [4.69, 9.17) is 0 Å². The lowest BCUT2D eigenvalue weighted by atomic mass is 9.90. The highest BCUT2D eigenvalue weighted by Gasteiger charge is 2.32. The minimum absolute atomic E-state index is 0.589. The third kappa shape index (κ3) is 2.93. The van der Waals surface area contributed by atoms with E-state index < -0.39 is 11.4 Å². The Labute approximate surface area is 129 Å². The average Bonchev–Trinajstić information content (AvgIpc) is 2.88. The van der Waals surface area contributed by atoms with Crippen molar-refractivity contribution in [2.24, 2.45) is 0 Å². The molecule has 0 unspecified atom stereocenters. The van der Waals surface area contributed by atoms with Gasteiger partial charge in [0.1, 0.15) is 5.41 Å². The van der Waals surface area contributed by atoms with Gasteiger partial charge >= 0.3 is 5.97 Å². The summed E-state index contributed by atoms with van der Waals surface area (Å²) in [4.78, 5) is 17.8. The van der Waals surface area contributed by atoms with Crippen LogP contribution in [0.25, 0.3) is 0 Å². The lowest BCUT2D eigenvalue weighted by Crippen LogP contribution is -2.29. The number of aliphatic carboxylic acids is 1. The number of nitrogens with zero attached hydrogens (tertiary/aromatic N) is 2. The van der Waals surface area contributed by atoms with E-state index >= 15 is 0 Å². The zero-order chi connectivity index (χ0) is 15.8. The third-order valence-corrected chi connectivity index (χ3v) is 4.58. The van der Waals surface area contributed by atoms with Gasteiger partial charge in [-0.1, -0.05) is 17.7 Å². The Morgan fingerprint density at radius 1 is 1.33 bits per heavy atom. The number of benzene rings is 1. The van der Waals surface area contributed by atoms with Crippen LogP contribution in [0.15, 0.2) is 23.6 Å². The lowest BCUT2D eigenvalue weighted by Gasteiger charge is -2.20. The Hall–Kier alpha value is -1.88. The van der Waals surface area contributed by atoms with Crippen molar-refractivity contribution in [1.82, 2.24) is 4.98 Å². The van der Waals surface area contributed by atoms with Crippen molar-refractivity contribution >= 4 is 28.1 Å². The normalized spacial score (nSPS) is 11.5. The van der Waals surface area contributed by atoms with Crippen LogP contribution in [-0.2, 0) is 10.2 Å². The van der Waals surface area contributed by atoms with E-state index in [0.717, 1.165) is 10.8 Å². The molecule has 5 heteroatoms. The molecule has 4 nitrogen and oxygen atoms in total. The summed E-state index contributed by atoms with van der Waals surface area (Å²) in [6, 6.07) is 6.25. The second-order valence-corrected chi connectivity index (χ2v) is 6.63. The lowest BCUT2D eigenvalue weighted by molar-refractivity contribution is -0.142. The van der Waals surface area contributed by atoms with Crippen molar-refractivity contribution in [3.05, 3.63) is 40.4 Å². The zero-order valence-electron chi connectivity index (χ0n) is 13.0. The van der Waals surface area contributed by atoms with Crippen LogP contribution in [0.4, 0.5) is 10.8 Å². The first-order valence-electron chi connectivity index (χ1n) is 6.74. The summed E-state index contributed by atoms with van der Waals surface area (Å²) in [5, 5.41) is 11.9. The van der Waals surface area contributed by atoms with E-state index in [1.54, 1.807) is 13.8 Å². The van der Waals surface area contributed by atoms with Gasteiger partial charge in [0.25, 0.3) is 0 Å². The van der Waals surface area contributed by atoms with Gasteiger partial charge in [-0.25, -0.2) is 4.98 Å². The van der Waals surface area contributed by atoms with Crippen molar-refractivity contribution in [3.63, 3.8) is 0 Å². The van der Waals surface area contributed by atoms with Gasteiger partial charge in [0.15, 0.2) is 5.13 Å². The molecule has 1 N–H and O–H groups in total. The number of hydrogen-bond donors (Lipinski definition) is 1. The van der Waals surface area contributed by atoms with Crippen molar-refractivity contribution in [2.75, 3.05) is 11.9 Å². The van der Waals surface area contributed by atoms with Crippen molar-refractivity contribution < 1.29 is 9.90 Å². The average molecular weight is 304 g/mol. The number of aryl methyl sites for hydroxylation is 2. The first kappa shape index (κ1) is 15.5. The molecule has 0 aliphatic rings. The molecule has 1 heterocycles. The maximum Gasteiger partial charge on any atom is 0.315 e. The molecule has 0 amide bonds. The quantitative estimate of drug-likeness (QED) is 0.931. The number of anilines is 2. The van der Waals surface area contributed by atoms with Gasteiger partial charge in [-0.3, -0.25) is 4.79 Å². The van der Waals surface area contributed by atoms with Gasteiger partial charge in [0.2, 0.25) is 0 Å². The van der Waals surface area contributed by atoms with Crippen LogP contribution in [-0.4, -0.2) is 23.1 Å². The predicted octanol–water partition coefficient (Wildman–Crippen LogP) is 3.89. The molecule has 0 saturated carbocycles. The number of carbonyl (C=O) groups is 1. The Morgan fingerprint density at radius 2 is 2.00 bits per heavy atom. The Balaban J connectivity index is 2.35. The first-order valence-corrected chi connectivity index (χ1v) is 7.62. The molecule has 0 bridgehead atoms. The number of hydrogen-bond acceptors (Lipinski definition) is 4. The highest BCUT2D eigenvalue weighted by molar-refractivity contribution is 7.13. The third-order valence-electron chi connectivity index (χ3n) is 3.67. The summed E-state index contributed by atoms with van der Waals surface area (Å²) in [7, 11) is 1.95. The molecule has 2 rings (SSSR count). The molecule has 0 atom stereocenters. The maximum atomic E-state index is 11.3. The molecule has 112 valence electrons. The number of carboxylic acid groups (broad SMARTS) is 1. The van der Waals surface area contributed by atoms with Gasteiger partial charge in [-0.15, -0.1) is 11.3 Å². The first-order chi connectivity index (χ1) is 9.73. The SMILES string of the molecule is Cc1ccc(N(C)c2nc(C(C)(C)C(=O)O)cs2)c(C)c1. The number of rotatable bonds is 4. The zero-order valence-corrected chi connectivity index (χ0v) is 13.8. The summed E-state index contributed by atoms with van der Waals surface area (Å²) in [5.74, 6) is -0.867. The molecule has 0 radical (unpaired) electrons. The van der Waals surface area contributed by atoms with E-state index in [-0.39, 0.29) is 0 Å². The van der Waals surface area contributed by atoms with Crippen molar-refractivity contribution in [1.29, 1.82) is 0 Å². The van der Waals surface area contributed by atoms with Crippen LogP contribution >= 0.6 is 11.3 Å². The predicted molar refractivity (Wildman–Crippen MR) is 86.8 cm³/mol. The van der Waals surface area contributed by atoms with E-state index in [2.05, 4.69) is 37.0 Å². The molecular formula is C16H20N2O2S. The molecule has 0 saturated heterocycles. The van der Waals surface area contributed by atoms with Crippen molar-refractivity contribution in [2.45, 2.75) is 33.1 Å². The molecule has 0 fully saturated rings. The van der Waals surface area contributed by atoms with Gasteiger partial charge in [0, 0.05) is 18.1 Å². The van der Waals surface area contributed by atoms with Gasteiger partial charge in [-0.05, 0) is 39.3 Å². The largest absolute Gasteiger partial charge is 0.481 e. The maximum absolute atomic E-state index is 11.3. The van der Waals surface area contributed by atoms with Gasteiger partial charge in [0.05, 0.1) is 5.69 Å². The summed E-state index contributed by atoms with van der Waals surface area (Å²) in [6.07, 6.45) is 0. The highest BCUT2D eigenvalue weighted by atomic mass is 32.1. The topological polar surface area (TPSA) is 53.4 Å². The monoisotopic (exact) mass is 304 g/mol. The summed E-state index contributed by atoms with van der Waals surface area (Å²) >= 11 is 1.46.